The molecule has 27 heteroatoms. The molecular formula is C59H97N11O16. The first-order chi connectivity index (χ1) is 40.5. The van der Waals surface area contributed by atoms with Crippen LogP contribution in [0.25, 0.3) is 0 Å². The standard InChI is InChI=1S/C59H97N11O16/c1-11-15-16-17-37(60)27-47(75)62-45(31-72)55(82)63-40(14-4)59(86)70-30-39(74)28-46(70)56(83)64-41(22-23-71)52(79)66-44(26-36-18-20-38(73)21-19-36)53(80)65-43(25-33(7)8)54(81)68-50(35(10)13-3)58(85)69-49(34(9)12-2)57(84)67-42(24-32(5)6)51(78)61-29-48(76)77/h14,18-21,32-35,37,39,41-46,49-50,71-74H,11-13,15-17,22-31,60H2,1-10H3,(H,61,78)(H,62,75)(H,63,82)(H,64,83)(H,65,80)(H,66,79)(H,67,84)(H,68,81)(H,69,85)(H,76,77)/b40-14+/t34-,35-,37?,39+,41-,42-,43-,44-,45-,46-,49-,50-/m0/s1. The molecule has 12 atom stereocenters. The number of aliphatic hydroxyl groups excluding tert-OH is 3. The summed E-state index contributed by atoms with van der Waals surface area (Å²) in [4.78, 5) is 151. The van der Waals surface area contributed by atoms with Crippen LogP contribution in [0.2, 0.25) is 0 Å². The molecule has 0 aromatic heterocycles. The lowest BCUT2D eigenvalue weighted by Crippen LogP contribution is -2.62. The second-order valence-corrected chi connectivity index (χ2v) is 23.1. The van der Waals surface area contributed by atoms with Gasteiger partial charge in [-0.05, 0) is 74.0 Å². The fourth-order valence-corrected chi connectivity index (χ4v) is 9.50. The van der Waals surface area contributed by atoms with Crippen LogP contribution in [0.4, 0.5) is 0 Å². The Hall–Kier alpha value is -7.23. The fraction of sp³-hybridized carbons (Fsp3) is 0.678. The van der Waals surface area contributed by atoms with E-state index < -0.39 is 170 Å². The zero-order valence-electron chi connectivity index (χ0n) is 51.5. The molecule has 1 aliphatic rings. The summed E-state index contributed by atoms with van der Waals surface area (Å²) >= 11 is 0. The number of hydrogen-bond acceptors (Lipinski definition) is 16. The van der Waals surface area contributed by atoms with Crippen LogP contribution in [0.15, 0.2) is 36.0 Å². The van der Waals surface area contributed by atoms with Crippen molar-refractivity contribution in [1.82, 2.24) is 52.8 Å². The molecule has 484 valence electrons. The quantitative estimate of drug-likeness (QED) is 0.0289. The van der Waals surface area contributed by atoms with Gasteiger partial charge in [0, 0.05) is 38.5 Å². The number of nitrogens with zero attached hydrogens (tertiary/aromatic N) is 1. The second kappa shape index (κ2) is 38.0. The minimum absolute atomic E-state index is 0.0165. The van der Waals surface area contributed by atoms with Gasteiger partial charge in [0.2, 0.25) is 53.2 Å². The Labute approximate surface area is 504 Å². The number of hydrogen-bond donors (Lipinski definition) is 15. The first kappa shape index (κ1) is 74.9. The zero-order valence-corrected chi connectivity index (χ0v) is 51.5. The average Bonchev–Trinajstić information content (AvgIpc) is 2.45. The van der Waals surface area contributed by atoms with Gasteiger partial charge < -0.3 is 84.0 Å². The molecule has 1 saturated heterocycles. The number of nitrogens with two attached hydrogens (primary N) is 1. The Morgan fingerprint density at radius 2 is 1.17 bits per heavy atom. The maximum atomic E-state index is 14.6. The van der Waals surface area contributed by atoms with Crippen LogP contribution in [0.1, 0.15) is 145 Å². The van der Waals surface area contributed by atoms with Gasteiger partial charge in [0.1, 0.15) is 66.3 Å². The highest BCUT2D eigenvalue weighted by atomic mass is 16.4. The minimum Gasteiger partial charge on any atom is -0.508 e. The monoisotopic (exact) mass is 1220 g/mol. The fourth-order valence-electron chi connectivity index (χ4n) is 9.50. The number of benzene rings is 1. The molecule has 1 aromatic rings. The molecule has 16 N–H and O–H groups in total. The number of aliphatic carboxylic acids is 1. The number of nitrogens with one attached hydrogen (secondary N) is 9. The van der Waals surface area contributed by atoms with Gasteiger partial charge in [-0.2, -0.15) is 0 Å². The smallest absolute Gasteiger partial charge is 0.322 e. The summed E-state index contributed by atoms with van der Waals surface area (Å²) in [7, 11) is 0. The minimum atomic E-state index is -1.58. The lowest BCUT2D eigenvalue weighted by Gasteiger charge is -2.31. The zero-order chi connectivity index (χ0) is 65.0. The van der Waals surface area contributed by atoms with Crippen LogP contribution in [0.3, 0.4) is 0 Å². The molecule has 86 heavy (non-hydrogen) atoms. The van der Waals surface area contributed by atoms with E-state index in [2.05, 4.69) is 47.9 Å². The number of phenols is 1. The molecule has 0 spiro atoms. The number of likely N-dealkylation sites (tertiary alicyclic amines) is 1. The van der Waals surface area contributed by atoms with Crippen molar-refractivity contribution in [2.24, 2.45) is 29.4 Å². The van der Waals surface area contributed by atoms with Gasteiger partial charge in [0.05, 0.1) is 12.7 Å². The molecule has 0 radical (unpaired) electrons. The highest BCUT2D eigenvalue weighted by Gasteiger charge is 2.42. The highest BCUT2D eigenvalue weighted by molar-refractivity contribution is 6.02. The Bertz CT molecular complexity index is 2460. The molecule has 27 nitrogen and oxygen atoms in total. The number of amides is 10. The van der Waals surface area contributed by atoms with E-state index in [4.69, 9.17) is 10.8 Å². The molecule has 0 bridgehead atoms. The van der Waals surface area contributed by atoms with Crippen molar-refractivity contribution in [2.45, 2.75) is 207 Å². The number of carboxylic acid groups (broad SMARTS) is 1. The summed E-state index contributed by atoms with van der Waals surface area (Å²) in [6.07, 6.45) is 3.05. The van der Waals surface area contributed by atoms with Crippen molar-refractivity contribution >= 4 is 65.0 Å². The third-order valence-electron chi connectivity index (χ3n) is 14.8. The van der Waals surface area contributed by atoms with E-state index in [1.165, 1.54) is 37.3 Å². The third kappa shape index (κ3) is 25.4. The van der Waals surface area contributed by atoms with Crippen molar-refractivity contribution in [3.05, 3.63) is 41.6 Å². The number of rotatable bonds is 38. The Kier molecular flexibility index (Phi) is 33.1. The molecule has 1 heterocycles. The Morgan fingerprint density at radius 1 is 0.651 bits per heavy atom. The lowest BCUT2D eigenvalue weighted by molar-refractivity contribution is -0.139. The van der Waals surface area contributed by atoms with Crippen LogP contribution in [0.5, 0.6) is 5.75 Å². The number of aliphatic hydroxyl groups is 3. The summed E-state index contributed by atoms with van der Waals surface area (Å²) in [5.74, 6) is -11.1. The average molecular weight is 1220 g/mol. The van der Waals surface area contributed by atoms with Crippen LogP contribution in [-0.4, -0.2) is 182 Å². The van der Waals surface area contributed by atoms with E-state index in [-0.39, 0.29) is 55.4 Å². The maximum absolute atomic E-state index is 14.6. The van der Waals surface area contributed by atoms with Gasteiger partial charge in [0.15, 0.2) is 0 Å². The molecule has 1 aliphatic heterocycles. The number of allylic oxidation sites excluding steroid dienone is 1. The number of phenolic OH excluding ortho intramolecular Hbond substituents is 1. The molecule has 2 rings (SSSR count). The van der Waals surface area contributed by atoms with Crippen LogP contribution < -0.4 is 53.6 Å². The Morgan fingerprint density at radius 3 is 1.70 bits per heavy atom. The number of aromatic hydroxyl groups is 1. The normalized spacial score (nSPS) is 17.7. The first-order valence-electron chi connectivity index (χ1n) is 29.9. The summed E-state index contributed by atoms with van der Waals surface area (Å²) in [5, 5.41) is 73.2. The van der Waals surface area contributed by atoms with Crippen molar-refractivity contribution in [3.63, 3.8) is 0 Å². The van der Waals surface area contributed by atoms with Crippen LogP contribution >= 0.6 is 0 Å². The number of carbonyl (C=O) groups excluding carboxylic acids is 10. The topological polar surface area (TPSA) is 426 Å². The summed E-state index contributed by atoms with van der Waals surface area (Å²) in [5.41, 5.74) is 6.14. The second-order valence-electron chi connectivity index (χ2n) is 23.1. The van der Waals surface area contributed by atoms with E-state index >= 15 is 0 Å². The van der Waals surface area contributed by atoms with Gasteiger partial charge in [-0.1, -0.05) is 113 Å². The summed E-state index contributed by atoms with van der Waals surface area (Å²) in [6, 6.07) is -5.82. The van der Waals surface area contributed by atoms with Gasteiger partial charge in [0.25, 0.3) is 5.91 Å². The maximum Gasteiger partial charge on any atom is 0.322 e. The largest absolute Gasteiger partial charge is 0.508 e. The SMILES string of the molecule is C/C=C(/NC(=O)[C@H](CO)NC(=O)CC(N)CCCCC)C(=O)N1C[C@H](O)C[C@H]1C(=O)N[C@@H](CCO)C(=O)N[C@@H](Cc1ccc(O)cc1)C(=O)N[C@@H](CC(C)C)C(=O)N[C@H](C(=O)N[C@H](C(=O)N[C@@H](CC(C)C)C(=O)NCC(=O)O)[C@@H](C)CC)[C@@H](C)CC. The van der Waals surface area contributed by atoms with Crippen molar-refractivity contribution < 1.29 is 78.3 Å². The van der Waals surface area contributed by atoms with E-state index in [0.29, 0.717) is 24.8 Å². The number of carboxylic acids is 1. The molecule has 1 unspecified atom stereocenters. The molecule has 10 amide bonds. The van der Waals surface area contributed by atoms with E-state index in [9.17, 15) is 73.2 Å². The van der Waals surface area contributed by atoms with Crippen LogP contribution in [0, 0.1) is 23.7 Å². The van der Waals surface area contributed by atoms with Crippen molar-refractivity contribution in [3.8, 4) is 5.75 Å². The molecular weight excluding hydrogens is 1120 g/mol. The van der Waals surface area contributed by atoms with Gasteiger partial charge >= 0.3 is 5.97 Å². The molecule has 0 saturated carbocycles. The van der Waals surface area contributed by atoms with Crippen molar-refractivity contribution in [1.29, 1.82) is 0 Å². The predicted molar refractivity (Wildman–Crippen MR) is 317 cm³/mol. The van der Waals surface area contributed by atoms with E-state index in [0.717, 1.165) is 24.2 Å². The molecule has 1 aromatic carbocycles. The van der Waals surface area contributed by atoms with Crippen molar-refractivity contribution in [2.75, 3.05) is 26.3 Å². The molecule has 1 fully saturated rings. The summed E-state index contributed by atoms with van der Waals surface area (Å²) < 4.78 is 0. The number of β-amino-alcohol motifs (C(OH)–C–C–N with tert-alkyl or cyclic N) is 1. The van der Waals surface area contributed by atoms with Crippen LogP contribution in [-0.2, 0) is 59.2 Å². The molecule has 0 aliphatic carbocycles. The third-order valence-corrected chi connectivity index (χ3v) is 14.8. The lowest BCUT2D eigenvalue weighted by atomic mass is 9.93. The number of carbonyl (C=O) groups is 11. The number of unbranched alkanes of at least 4 members (excludes halogenated alkanes) is 2. The Balaban J connectivity index is 2.43. The first-order valence-corrected chi connectivity index (χ1v) is 29.9. The van der Waals surface area contributed by atoms with E-state index in [1.807, 2.05) is 20.8 Å². The summed E-state index contributed by atoms with van der Waals surface area (Å²) in [6.45, 7) is 15.0. The highest BCUT2D eigenvalue weighted by Crippen LogP contribution is 2.22. The van der Waals surface area contributed by atoms with E-state index in [1.54, 1.807) is 41.5 Å². The van der Waals surface area contributed by atoms with Gasteiger partial charge in [-0.3, -0.25) is 52.7 Å². The predicted octanol–water partition coefficient (Wildman–Crippen LogP) is -0.632. The van der Waals surface area contributed by atoms with Gasteiger partial charge in [-0.25, -0.2) is 0 Å². The van der Waals surface area contributed by atoms with Gasteiger partial charge in [-0.15, -0.1) is 0 Å².